The molecule has 0 atom stereocenters. The number of halogens is 1. The lowest BCUT2D eigenvalue weighted by atomic mass is 10.2. The van der Waals surface area contributed by atoms with Crippen LogP contribution in [0.4, 0.5) is 21.5 Å². The number of nitrogens with zero attached hydrogens (tertiary/aromatic N) is 3. The number of carbonyl (C=O) groups excluding carboxylic acids is 2. The molecule has 0 radical (unpaired) electrons. The Labute approximate surface area is 214 Å². The highest BCUT2D eigenvalue weighted by Crippen LogP contribution is 2.27. The average Bonchev–Trinajstić information content (AvgIpc) is 3.36. The molecule has 36 heavy (non-hydrogen) atoms. The van der Waals surface area contributed by atoms with Gasteiger partial charge in [-0.15, -0.1) is 16.5 Å². The molecule has 0 N–H and O–H groups in total. The maximum absolute atomic E-state index is 14.5. The van der Waals surface area contributed by atoms with Crippen molar-refractivity contribution < 1.29 is 23.5 Å². The minimum absolute atomic E-state index is 0.0161. The van der Waals surface area contributed by atoms with E-state index in [1.807, 2.05) is 31.1 Å². The van der Waals surface area contributed by atoms with E-state index in [4.69, 9.17) is 9.47 Å². The van der Waals surface area contributed by atoms with Gasteiger partial charge in [-0.25, -0.2) is 14.0 Å². The van der Waals surface area contributed by atoms with Gasteiger partial charge in [0.25, 0.3) is 0 Å². The predicted molar refractivity (Wildman–Crippen MR) is 140 cm³/mol. The maximum atomic E-state index is 14.5. The Balaban J connectivity index is 1.53. The molecule has 2 aromatic carbocycles. The molecule has 1 aromatic heterocycles. The third kappa shape index (κ3) is 7.98. The van der Waals surface area contributed by atoms with Crippen molar-refractivity contribution in [3.05, 3.63) is 70.2 Å². The molecule has 0 saturated carbocycles. The number of anilines is 1. The Hall–Kier alpha value is -3.59. The van der Waals surface area contributed by atoms with E-state index in [9.17, 15) is 14.0 Å². The van der Waals surface area contributed by atoms with Crippen LogP contribution in [0.5, 0.6) is 5.75 Å². The fourth-order valence-electron chi connectivity index (χ4n) is 3.22. The lowest BCUT2D eigenvalue weighted by Crippen LogP contribution is -2.07. The minimum Gasteiger partial charge on any atom is -0.462 e. The van der Waals surface area contributed by atoms with E-state index >= 15 is 0 Å². The molecular formula is C27H30FN3O4S. The smallest absolute Gasteiger partial charge is 0.353 e. The molecule has 3 aromatic rings. The molecular weight excluding hydrogens is 481 g/mol. The number of esters is 2. The van der Waals surface area contributed by atoms with Gasteiger partial charge in [0.05, 0.1) is 12.3 Å². The molecule has 9 heteroatoms. The maximum Gasteiger partial charge on any atom is 0.353 e. The third-order valence-electron chi connectivity index (χ3n) is 5.26. The summed E-state index contributed by atoms with van der Waals surface area (Å²) in [6, 6.07) is 14.2. The molecule has 0 fully saturated rings. The molecule has 0 saturated heterocycles. The number of carbonyl (C=O) groups is 2. The van der Waals surface area contributed by atoms with Crippen molar-refractivity contribution in [3.8, 4) is 5.75 Å². The Morgan fingerprint density at radius 2 is 1.58 bits per heavy atom. The highest BCUT2D eigenvalue weighted by Gasteiger charge is 2.17. The molecule has 190 valence electrons. The summed E-state index contributed by atoms with van der Waals surface area (Å²) in [6.45, 7) is 2.50. The molecule has 3 rings (SSSR count). The van der Waals surface area contributed by atoms with E-state index in [1.165, 1.54) is 30.7 Å². The summed E-state index contributed by atoms with van der Waals surface area (Å²) in [5.41, 5.74) is 1.61. The topological polar surface area (TPSA) is 80.6 Å². The molecule has 0 aliphatic carbocycles. The van der Waals surface area contributed by atoms with Crippen molar-refractivity contribution in [1.29, 1.82) is 0 Å². The van der Waals surface area contributed by atoms with Crippen molar-refractivity contribution in [2.75, 3.05) is 25.6 Å². The van der Waals surface area contributed by atoms with Crippen LogP contribution in [0.25, 0.3) is 0 Å². The van der Waals surface area contributed by atoms with Gasteiger partial charge in [-0.1, -0.05) is 32.6 Å². The number of unbranched alkanes of at least 4 members (excludes halogenated alkanes) is 4. The van der Waals surface area contributed by atoms with Crippen molar-refractivity contribution in [3.63, 3.8) is 0 Å². The van der Waals surface area contributed by atoms with Gasteiger partial charge in [-0.2, -0.15) is 5.11 Å². The number of hydrogen-bond donors (Lipinski definition) is 0. The molecule has 7 nitrogen and oxygen atoms in total. The second-order valence-electron chi connectivity index (χ2n) is 8.33. The Morgan fingerprint density at radius 1 is 0.889 bits per heavy atom. The van der Waals surface area contributed by atoms with Crippen LogP contribution in [0.3, 0.4) is 0 Å². The van der Waals surface area contributed by atoms with E-state index in [0.717, 1.165) is 48.8 Å². The van der Waals surface area contributed by atoms with Crippen LogP contribution < -0.4 is 9.64 Å². The number of rotatable bonds is 12. The molecule has 0 aliphatic heterocycles. The van der Waals surface area contributed by atoms with Crippen molar-refractivity contribution in [2.45, 2.75) is 39.0 Å². The average molecular weight is 512 g/mol. The quantitative estimate of drug-likeness (QED) is 0.108. The van der Waals surface area contributed by atoms with Gasteiger partial charge in [-0.3, -0.25) is 0 Å². The number of thiophene rings is 1. The first-order valence-electron chi connectivity index (χ1n) is 11.8. The van der Waals surface area contributed by atoms with Crippen LogP contribution in [0.15, 0.2) is 64.8 Å². The predicted octanol–water partition coefficient (Wildman–Crippen LogP) is 7.72. The third-order valence-corrected chi connectivity index (χ3v) is 6.30. The second-order valence-corrected chi connectivity index (χ2v) is 9.41. The van der Waals surface area contributed by atoms with E-state index in [2.05, 4.69) is 17.2 Å². The summed E-state index contributed by atoms with van der Waals surface area (Å²) in [4.78, 5) is 27.1. The molecule has 0 amide bonds. The van der Waals surface area contributed by atoms with E-state index in [0.29, 0.717) is 17.2 Å². The summed E-state index contributed by atoms with van der Waals surface area (Å²) < 4.78 is 25.0. The zero-order chi connectivity index (χ0) is 25.9. The normalized spacial score (nSPS) is 11.0. The Kier molecular flexibility index (Phi) is 10.1. The van der Waals surface area contributed by atoms with Crippen LogP contribution in [-0.4, -0.2) is 32.6 Å². The first-order chi connectivity index (χ1) is 17.4. The molecule has 0 bridgehead atoms. The van der Waals surface area contributed by atoms with Gasteiger partial charge in [0, 0.05) is 25.8 Å². The SMILES string of the molecule is CCCCCCCOC(=O)c1ccc(C(=O)Oc2ccc(N=Nc3ccc(N(C)C)cc3)c(F)c2)s1. The number of hydrogen-bond acceptors (Lipinski definition) is 8. The summed E-state index contributed by atoms with van der Waals surface area (Å²) in [6.07, 6.45) is 5.28. The highest BCUT2D eigenvalue weighted by atomic mass is 32.1. The standard InChI is InChI=1S/C27H30FN3O4S/c1-4-5-6-7-8-17-34-26(32)24-15-16-25(36-24)27(33)35-21-13-14-23(22(28)18-21)30-29-19-9-11-20(12-10-19)31(2)3/h9-16,18H,4-8,17H2,1-3H3. The first kappa shape index (κ1) is 27.0. The van der Waals surface area contributed by atoms with Gasteiger partial charge in [0.15, 0.2) is 5.82 Å². The second kappa shape index (κ2) is 13.5. The van der Waals surface area contributed by atoms with E-state index in [-0.39, 0.29) is 16.3 Å². The number of benzene rings is 2. The monoisotopic (exact) mass is 511 g/mol. The Morgan fingerprint density at radius 3 is 2.25 bits per heavy atom. The summed E-state index contributed by atoms with van der Waals surface area (Å²) in [7, 11) is 3.87. The zero-order valence-corrected chi connectivity index (χ0v) is 21.5. The summed E-state index contributed by atoms with van der Waals surface area (Å²) in [5.74, 6) is -1.81. The van der Waals surface area contributed by atoms with Crippen LogP contribution in [0.2, 0.25) is 0 Å². The molecule has 0 spiro atoms. The lowest BCUT2D eigenvalue weighted by Gasteiger charge is -2.11. The fourth-order valence-corrected chi connectivity index (χ4v) is 3.99. The Bertz CT molecular complexity index is 1190. The number of ether oxygens (including phenoxy) is 2. The lowest BCUT2D eigenvalue weighted by molar-refractivity contribution is 0.0503. The number of azo groups is 1. The van der Waals surface area contributed by atoms with Gasteiger partial charge in [0.2, 0.25) is 0 Å². The van der Waals surface area contributed by atoms with Crippen molar-refractivity contribution in [1.82, 2.24) is 0 Å². The van der Waals surface area contributed by atoms with Gasteiger partial charge in [-0.05, 0) is 55.0 Å². The van der Waals surface area contributed by atoms with E-state index < -0.39 is 17.8 Å². The molecule has 1 heterocycles. The molecule has 0 aliphatic rings. The first-order valence-corrected chi connectivity index (χ1v) is 12.7. The molecule has 0 unspecified atom stereocenters. The van der Waals surface area contributed by atoms with Crippen LogP contribution in [0, 0.1) is 5.82 Å². The van der Waals surface area contributed by atoms with Gasteiger partial charge in [0.1, 0.15) is 21.2 Å². The fraction of sp³-hybridized carbons (Fsp3) is 0.333. The van der Waals surface area contributed by atoms with Crippen LogP contribution in [-0.2, 0) is 4.74 Å². The largest absolute Gasteiger partial charge is 0.462 e. The van der Waals surface area contributed by atoms with Gasteiger partial charge >= 0.3 is 11.9 Å². The zero-order valence-electron chi connectivity index (χ0n) is 20.7. The minimum atomic E-state index is -0.687. The highest BCUT2D eigenvalue weighted by molar-refractivity contribution is 7.15. The summed E-state index contributed by atoms with van der Waals surface area (Å²) >= 11 is 0.977. The van der Waals surface area contributed by atoms with E-state index in [1.54, 1.807) is 12.1 Å². The van der Waals surface area contributed by atoms with Gasteiger partial charge < -0.3 is 14.4 Å². The van der Waals surface area contributed by atoms with Crippen LogP contribution >= 0.6 is 11.3 Å². The van der Waals surface area contributed by atoms with Crippen molar-refractivity contribution in [2.24, 2.45) is 10.2 Å². The summed E-state index contributed by atoms with van der Waals surface area (Å²) in [5, 5.41) is 7.99. The van der Waals surface area contributed by atoms with Crippen LogP contribution in [0.1, 0.15) is 58.4 Å². The van der Waals surface area contributed by atoms with Crippen molar-refractivity contribution >= 4 is 40.3 Å².